The van der Waals surface area contributed by atoms with Gasteiger partial charge in [0.1, 0.15) is 0 Å². The van der Waals surface area contributed by atoms with E-state index in [1.54, 1.807) is 6.92 Å². The highest BCUT2D eigenvalue weighted by molar-refractivity contribution is 5.87. The van der Waals surface area contributed by atoms with Gasteiger partial charge in [0.15, 0.2) is 11.2 Å². The van der Waals surface area contributed by atoms with Crippen LogP contribution in [0.15, 0.2) is 9.59 Å². The van der Waals surface area contributed by atoms with E-state index < -0.39 is 17.2 Å². The zero-order valence-corrected chi connectivity index (χ0v) is 9.22. The molecule has 2 rings (SSSR count). The lowest BCUT2D eigenvalue weighted by Crippen LogP contribution is -2.37. The Morgan fingerprint density at radius 1 is 1.47 bits per heavy atom. The number of H-pyrrole nitrogens is 1. The summed E-state index contributed by atoms with van der Waals surface area (Å²) in [7, 11) is 1.33. The Kier molecular flexibility index (Phi) is 2.34. The molecule has 0 saturated carbocycles. The number of aromatic carboxylic acids is 1. The lowest BCUT2D eigenvalue weighted by Gasteiger charge is -2.04. The number of nitrogens with one attached hydrogen (secondary N) is 1. The first-order valence-electron chi connectivity index (χ1n) is 4.90. The molecule has 2 heterocycles. The molecule has 0 saturated heterocycles. The minimum atomic E-state index is -1.28. The number of rotatable bonds is 2. The molecule has 8 heteroatoms. The average Bonchev–Trinajstić information content (AvgIpc) is 2.72. The van der Waals surface area contributed by atoms with Crippen molar-refractivity contribution in [2.24, 2.45) is 7.05 Å². The zero-order valence-electron chi connectivity index (χ0n) is 9.22. The number of fused-ring (bicyclic) bond motifs is 1. The van der Waals surface area contributed by atoms with E-state index >= 15 is 0 Å². The molecule has 0 amide bonds. The number of aromatic nitrogens is 4. The van der Waals surface area contributed by atoms with E-state index in [-0.39, 0.29) is 17.0 Å². The van der Waals surface area contributed by atoms with E-state index in [1.807, 2.05) is 0 Å². The Morgan fingerprint density at radius 3 is 2.65 bits per heavy atom. The highest BCUT2D eigenvalue weighted by Crippen LogP contribution is 2.05. The molecule has 2 N–H and O–H groups in total. The van der Waals surface area contributed by atoms with Gasteiger partial charge in [-0.1, -0.05) is 0 Å². The predicted molar refractivity (Wildman–Crippen MR) is 58.2 cm³/mol. The number of carboxylic acids is 1. The van der Waals surface area contributed by atoms with Crippen molar-refractivity contribution in [2.45, 2.75) is 13.5 Å². The molecule has 0 aliphatic rings. The molecule has 0 aliphatic carbocycles. The van der Waals surface area contributed by atoms with Crippen LogP contribution in [-0.2, 0) is 13.6 Å². The highest BCUT2D eigenvalue weighted by Gasteiger charge is 2.17. The fraction of sp³-hybridized carbons (Fsp3) is 0.333. The maximum absolute atomic E-state index is 11.7. The molecule has 0 atom stereocenters. The molecule has 0 radical (unpaired) electrons. The second-order valence-electron chi connectivity index (χ2n) is 3.48. The molecule has 0 aliphatic heterocycles. The monoisotopic (exact) mass is 238 g/mol. The minimum absolute atomic E-state index is 0.0198. The molecule has 0 bridgehead atoms. The highest BCUT2D eigenvalue weighted by atomic mass is 16.4. The summed E-state index contributed by atoms with van der Waals surface area (Å²) in [6, 6.07) is 0. The number of nitrogens with zero attached hydrogens (tertiary/aromatic N) is 3. The number of aromatic amines is 1. The summed E-state index contributed by atoms with van der Waals surface area (Å²) in [5, 5.41) is 8.79. The van der Waals surface area contributed by atoms with E-state index in [0.29, 0.717) is 6.54 Å². The molecule has 17 heavy (non-hydrogen) atoms. The summed E-state index contributed by atoms with van der Waals surface area (Å²) in [5.41, 5.74) is -1.02. The van der Waals surface area contributed by atoms with Crippen molar-refractivity contribution in [3.8, 4) is 0 Å². The number of hydrogen-bond acceptors (Lipinski definition) is 4. The van der Waals surface area contributed by atoms with Crippen molar-refractivity contribution >= 4 is 17.1 Å². The van der Waals surface area contributed by atoms with Crippen LogP contribution < -0.4 is 11.2 Å². The van der Waals surface area contributed by atoms with E-state index in [2.05, 4.69) is 9.97 Å². The predicted octanol–water partition coefficient (Wildman–Crippen LogP) is -0.859. The molecule has 0 fully saturated rings. The molecule has 90 valence electrons. The van der Waals surface area contributed by atoms with Crippen LogP contribution in [0.3, 0.4) is 0 Å². The third-order valence-electron chi connectivity index (χ3n) is 2.50. The molecule has 2 aromatic heterocycles. The first kappa shape index (κ1) is 11.1. The maximum Gasteiger partial charge on any atom is 0.371 e. The van der Waals surface area contributed by atoms with Gasteiger partial charge in [-0.25, -0.2) is 14.6 Å². The van der Waals surface area contributed by atoms with Crippen molar-refractivity contribution in [3.05, 3.63) is 26.7 Å². The maximum atomic E-state index is 11.7. The smallest absolute Gasteiger partial charge is 0.371 e. The number of hydrogen-bond donors (Lipinski definition) is 2. The first-order valence-corrected chi connectivity index (χ1v) is 4.90. The summed E-state index contributed by atoms with van der Waals surface area (Å²) >= 11 is 0. The second kappa shape index (κ2) is 3.58. The van der Waals surface area contributed by atoms with E-state index in [1.165, 1.54) is 11.6 Å². The number of carboxylic acid groups (broad SMARTS) is 1. The number of imidazole rings is 1. The van der Waals surface area contributed by atoms with E-state index in [4.69, 9.17) is 5.11 Å². The SMILES string of the molecule is CCn1c(=O)n(C)c(=O)c2[nH]c(C(=O)O)nc21. The number of aryl methyl sites for hydroxylation is 1. The third-order valence-corrected chi connectivity index (χ3v) is 2.50. The molecular formula is C9H10N4O4. The summed E-state index contributed by atoms with van der Waals surface area (Å²) in [5.74, 6) is -1.64. The van der Waals surface area contributed by atoms with Crippen LogP contribution >= 0.6 is 0 Å². The van der Waals surface area contributed by atoms with Gasteiger partial charge in [-0.15, -0.1) is 0 Å². The lowest BCUT2D eigenvalue weighted by molar-refractivity contribution is 0.0685. The largest absolute Gasteiger partial charge is 0.475 e. The summed E-state index contributed by atoms with van der Waals surface area (Å²) in [4.78, 5) is 40.4. The third kappa shape index (κ3) is 1.45. The summed E-state index contributed by atoms with van der Waals surface area (Å²) < 4.78 is 2.15. The Hall–Kier alpha value is -2.38. The van der Waals surface area contributed by atoms with Gasteiger partial charge >= 0.3 is 11.7 Å². The topological polar surface area (TPSA) is 110 Å². The van der Waals surface area contributed by atoms with Crippen LogP contribution in [0.25, 0.3) is 11.2 Å². The average molecular weight is 238 g/mol. The standard InChI is InChI=1S/C9H10N4O4/c1-3-13-6-4(7(14)12(2)9(13)17)10-5(11-6)8(15)16/h3H2,1-2H3,(H,10,11)(H,15,16). The first-order chi connectivity index (χ1) is 7.97. The van der Waals surface area contributed by atoms with Gasteiger partial charge in [0, 0.05) is 13.6 Å². The van der Waals surface area contributed by atoms with Crippen molar-refractivity contribution in [2.75, 3.05) is 0 Å². The van der Waals surface area contributed by atoms with Gasteiger partial charge < -0.3 is 10.1 Å². The second-order valence-corrected chi connectivity index (χ2v) is 3.48. The summed E-state index contributed by atoms with van der Waals surface area (Å²) in [6.45, 7) is 2.01. The van der Waals surface area contributed by atoms with Gasteiger partial charge in [-0.05, 0) is 6.92 Å². The molecule has 0 aromatic carbocycles. The van der Waals surface area contributed by atoms with E-state index in [0.717, 1.165) is 4.57 Å². The van der Waals surface area contributed by atoms with Crippen LogP contribution in [0.2, 0.25) is 0 Å². The fourth-order valence-electron chi connectivity index (χ4n) is 1.62. The van der Waals surface area contributed by atoms with Crippen LogP contribution in [0, 0.1) is 0 Å². The van der Waals surface area contributed by atoms with Crippen LogP contribution in [0.1, 0.15) is 17.5 Å². The molecule has 2 aromatic rings. The Labute approximate surface area is 94.1 Å². The van der Waals surface area contributed by atoms with Gasteiger partial charge in [-0.3, -0.25) is 13.9 Å². The van der Waals surface area contributed by atoms with Crippen molar-refractivity contribution in [1.82, 2.24) is 19.1 Å². The molecule has 0 unspecified atom stereocenters. The van der Waals surface area contributed by atoms with Crippen LogP contribution in [0.5, 0.6) is 0 Å². The normalized spacial score (nSPS) is 10.9. The Balaban J connectivity index is 3.02. The van der Waals surface area contributed by atoms with Crippen LogP contribution in [0.4, 0.5) is 0 Å². The van der Waals surface area contributed by atoms with E-state index in [9.17, 15) is 14.4 Å². The van der Waals surface area contributed by atoms with Gasteiger partial charge in [0.05, 0.1) is 0 Å². The fourth-order valence-corrected chi connectivity index (χ4v) is 1.62. The molecule has 8 nitrogen and oxygen atoms in total. The molecule has 0 spiro atoms. The zero-order chi connectivity index (χ0) is 12.7. The van der Waals surface area contributed by atoms with Crippen molar-refractivity contribution in [3.63, 3.8) is 0 Å². The van der Waals surface area contributed by atoms with Crippen LogP contribution in [-0.4, -0.2) is 30.2 Å². The van der Waals surface area contributed by atoms with Crippen molar-refractivity contribution in [1.29, 1.82) is 0 Å². The summed E-state index contributed by atoms with van der Waals surface area (Å²) in [6.07, 6.45) is 0. The van der Waals surface area contributed by atoms with Gasteiger partial charge in [-0.2, -0.15) is 0 Å². The van der Waals surface area contributed by atoms with Gasteiger partial charge in [0.2, 0.25) is 5.82 Å². The quantitative estimate of drug-likeness (QED) is 0.707. The Morgan fingerprint density at radius 2 is 2.12 bits per heavy atom. The molecular weight excluding hydrogens is 228 g/mol. The van der Waals surface area contributed by atoms with Gasteiger partial charge in [0.25, 0.3) is 5.56 Å². The van der Waals surface area contributed by atoms with Crippen molar-refractivity contribution < 1.29 is 9.90 Å². The number of carbonyl (C=O) groups is 1. The Bertz CT molecular complexity index is 721. The lowest BCUT2D eigenvalue weighted by atomic mass is 10.5. The minimum Gasteiger partial charge on any atom is -0.475 e.